The van der Waals surface area contributed by atoms with E-state index in [9.17, 15) is 13.2 Å². The summed E-state index contributed by atoms with van der Waals surface area (Å²) in [5, 5.41) is 0. The van der Waals surface area contributed by atoms with Crippen molar-refractivity contribution in [1.82, 2.24) is 4.90 Å². The Hall–Kier alpha value is -0.980. The molecule has 2 saturated heterocycles. The molecule has 1 aromatic carbocycles. The zero-order valence-corrected chi connectivity index (χ0v) is 16.7. The van der Waals surface area contributed by atoms with Gasteiger partial charge in [-0.1, -0.05) is 13.8 Å². The first-order valence-corrected chi connectivity index (χ1v) is 10.9. The molecule has 1 atom stereocenters. The minimum Gasteiger partial charge on any atom is -0.371 e. The molecule has 2 fully saturated rings. The molecule has 0 radical (unpaired) electrons. The molecule has 2 heterocycles. The van der Waals surface area contributed by atoms with Gasteiger partial charge in [0, 0.05) is 25.3 Å². The lowest BCUT2D eigenvalue weighted by molar-refractivity contribution is 0.132. The average molecular weight is 383 g/mol. The number of halogens is 1. The molecule has 0 aliphatic carbocycles. The van der Waals surface area contributed by atoms with Gasteiger partial charge in [0.2, 0.25) is 0 Å². The normalized spacial score (nSPS) is 22.1. The summed E-state index contributed by atoms with van der Waals surface area (Å²) in [5.74, 6) is 1.93. The lowest BCUT2D eigenvalue weighted by atomic mass is 9.86. The third kappa shape index (κ3) is 5.05. The van der Waals surface area contributed by atoms with Gasteiger partial charge in [-0.15, -0.1) is 0 Å². The standard InChI is InChI=1S/C20H31FN2O2S/c1-15(2)17-5-7-22(8-6-17)14-16-3-9-23(10-4-16)19-11-18(21)12-20(13-19)26(24)25/h11-13,15-17H,3-10,14H2,1-2H3,(H,24,25). The highest BCUT2D eigenvalue weighted by atomic mass is 32.2. The van der Waals surface area contributed by atoms with E-state index >= 15 is 0 Å². The Kier molecular flexibility index (Phi) is 6.70. The Morgan fingerprint density at radius 1 is 1.12 bits per heavy atom. The second-order valence-electron chi connectivity index (χ2n) is 8.21. The molecule has 1 unspecified atom stereocenters. The smallest absolute Gasteiger partial charge is 0.186 e. The maximum absolute atomic E-state index is 13.7. The molecule has 1 aromatic rings. The van der Waals surface area contributed by atoms with Gasteiger partial charge in [0.25, 0.3) is 0 Å². The predicted octanol–water partition coefficient (Wildman–Crippen LogP) is 3.99. The van der Waals surface area contributed by atoms with E-state index in [-0.39, 0.29) is 4.90 Å². The minimum atomic E-state index is -2.15. The van der Waals surface area contributed by atoms with Crippen LogP contribution in [-0.4, -0.2) is 46.4 Å². The summed E-state index contributed by atoms with van der Waals surface area (Å²) >= 11 is -2.15. The number of piperidine rings is 2. The Labute approximate surface area is 159 Å². The fourth-order valence-corrected chi connectivity index (χ4v) is 4.81. The SMILES string of the molecule is CC(C)C1CCN(CC2CCN(c3cc(F)cc(S(=O)O)c3)CC2)CC1. The van der Waals surface area contributed by atoms with Gasteiger partial charge in [0.1, 0.15) is 5.82 Å². The number of rotatable bonds is 5. The highest BCUT2D eigenvalue weighted by Gasteiger charge is 2.26. The molecule has 2 aliphatic rings. The first-order chi connectivity index (χ1) is 12.4. The van der Waals surface area contributed by atoms with Crippen LogP contribution >= 0.6 is 0 Å². The fraction of sp³-hybridized carbons (Fsp3) is 0.700. The van der Waals surface area contributed by atoms with Crippen LogP contribution in [-0.2, 0) is 11.1 Å². The third-order valence-electron chi connectivity index (χ3n) is 6.13. The van der Waals surface area contributed by atoms with Crippen LogP contribution in [0.2, 0.25) is 0 Å². The molecule has 2 aliphatic heterocycles. The van der Waals surface area contributed by atoms with E-state index in [0.29, 0.717) is 5.92 Å². The van der Waals surface area contributed by atoms with Crippen LogP contribution in [0.4, 0.5) is 10.1 Å². The first-order valence-electron chi connectivity index (χ1n) is 9.81. The molecule has 0 bridgehead atoms. The molecule has 1 N–H and O–H groups in total. The van der Waals surface area contributed by atoms with E-state index in [4.69, 9.17) is 0 Å². The predicted molar refractivity (Wildman–Crippen MR) is 104 cm³/mol. The molecule has 0 spiro atoms. The Morgan fingerprint density at radius 2 is 1.77 bits per heavy atom. The monoisotopic (exact) mass is 382 g/mol. The summed E-state index contributed by atoms with van der Waals surface area (Å²) in [6.45, 7) is 10.0. The van der Waals surface area contributed by atoms with Gasteiger partial charge in [-0.25, -0.2) is 8.60 Å². The minimum absolute atomic E-state index is 0.134. The molecule has 0 amide bonds. The van der Waals surface area contributed by atoms with Crippen molar-refractivity contribution in [2.24, 2.45) is 17.8 Å². The zero-order valence-electron chi connectivity index (χ0n) is 15.9. The van der Waals surface area contributed by atoms with Crippen LogP contribution in [0.5, 0.6) is 0 Å². The summed E-state index contributed by atoms with van der Waals surface area (Å²) in [6, 6.07) is 4.23. The van der Waals surface area contributed by atoms with Gasteiger partial charge in [-0.3, -0.25) is 0 Å². The maximum Gasteiger partial charge on any atom is 0.186 e. The maximum atomic E-state index is 13.7. The third-order valence-corrected chi connectivity index (χ3v) is 6.77. The second kappa shape index (κ2) is 8.81. The molecule has 0 aromatic heterocycles. The molecule has 146 valence electrons. The van der Waals surface area contributed by atoms with Gasteiger partial charge in [0.15, 0.2) is 11.1 Å². The molecule has 3 rings (SSSR count). The number of benzene rings is 1. The average Bonchev–Trinajstić information content (AvgIpc) is 2.62. The van der Waals surface area contributed by atoms with Crippen LogP contribution in [0.25, 0.3) is 0 Å². The van der Waals surface area contributed by atoms with E-state index < -0.39 is 16.9 Å². The van der Waals surface area contributed by atoms with Gasteiger partial charge in [-0.05, 0) is 74.7 Å². The van der Waals surface area contributed by atoms with Crippen molar-refractivity contribution in [2.45, 2.75) is 44.4 Å². The molecule has 0 saturated carbocycles. The van der Waals surface area contributed by atoms with Crippen molar-refractivity contribution in [1.29, 1.82) is 0 Å². The number of nitrogens with zero attached hydrogens (tertiary/aromatic N) is 2. The summed E-state index contributed by atoms with van der Waals surface area (Å²) in [4.78, 5) is 4.89. The molecular weight excluding hydrogens is 351 g/mol. The van der Waals surface area contributed by atoms with Crippen LogP contribution in [0.15, 0.2) is 23.1 Å². The van der Waals surface area contributed by atoms with Crippen molar-refractivity contribution < 1.29 is 13.2 Å². The largest absolute Gasteiger partial charge is 0.371 e. The van der Waals surface area contributed by atoms with Gasteiger partial charge >= 0.3 is 0 Å². The lowest BCUT2D eigenvalue weighted by Gasteiger charge is -2.39. The van der Waals surface area contributed by atoms with Crippen LogP contribution < -0.4 is 4.90 Å². The van der Waals surface area contributed by atoms with Crippen LogP contribution in [0.1, 0.15) is 39.5 Å². The number of anilines is 1. The Balaban J connectivity index is 1.50. The summed E-state index contributed by atoms with van der Waals surface area (Å²) in [7, 11) is 0. The van der Waals surface area contributed by atoms with Crippen LogP contribution in [0.3, 0.4) is 0 Å². The van der Waals surface area contributed by atoms with Gasteiger partial charge in [-0.2, -0.15) is 0 Å². The van der Waals surface area contributed by atoms with Crippen molar-refractivity contribution >= 4 is 16.8 Å². The highest BCUT2D eigenvalue weighted by molar-refractivity contribution is 7.79. The molecule has 4 nitrogen and oxygen atoms in total. The van der Waals surface area contributed by atoms with E-state index in [0.717, 1.165) is 49.5 Å². The van der Waals surface area contributed by atoms with Gasteiger partial charge in [0.05, 0.1) is 4.90 Å². The first kappa shape index (κ1) is 19.8. The van der Waals surface area contributed by atoms with Crippen molar-refractivity contribution in [3.63, 3.8) is 0 Å². The van der Waals surface area contributed by atoms with E-state index in [1.807, 2.05) is 0 Å². The fourth-order valence-electron chi connectivity index (χ4n) is 4.37. The molecular formula is C20H31FN2O2S. The summed E-state index contributed by atoms with van der Waals surface area (Å²) < 4.78 is 34.2. The summed E-state index contributed by atoms with van der Waals surface area (Å²) in [6.07, 6.45) is 4.83. The quantitative estimate of drug-likeness (QED) is 0.782. The second-order valence-corrected chi connectivity index (χ2v) is 9.18. The van der Waals surface area contributed by atoms with Crippen LogP contribution in [0, 0.1) is 23.6 Å². The van der Waals surface area contributed by atoms with Crippen molar-refractivity contribution in [2.75, 3.05) is 37.6 Å². The Bertz CT molecular complexity index is 624. The van der Waals surface area contributed by atoms with E-state index in [1.165, 1.54) is 38.5 Å². The van der Waals surface area contributed by atoms with Crippen molar-refractivity contribution in [3.05, 3.63) is 24.0 Å². The van der Waals surface area contributed by atoms with E-state index in [1.54, 1.807) is 6.07 Å². The zero-order chi connectivity index (χ0) is 18.7. The topological polar surface area (TPSA) is 43.8 Å². The highest BCUT2D eigenvalue weighted by Crippen LogP contribution is 2.29. The number of likely N-dealkylation sites (tertiary alicyclic amines) is 1. The van der Waals surface area contributed by atoms with E-state index in [2.05, 4.69) is 23.6 Å². The molecule has 6 heteroatoms. The van der Waals surface area contributed by atoms with Gasteiger partial charge < -0.3 is 14.4 Å². The Morgan fingerprint density at radius 3 is 2.35 bits per heavy atom. The summed E-state index contributed by atoms with van der Waals surface area (Å²) in [5.41, 5.74) is 0.721. The number of hydrogen-bond acceptors (Lipinski definition) is 3. The van der Waals surface area contributed by atoms with Crippen molar-refractivity contribution in [3.8, 4) is 0 Å². The number of hydrogen-bond donors (Lipinski definition) is 1. The molecule has 26 heavy (non-hydrogen) atoms. The lowest BCUT2D eigenvalue weighted by Crippen LogP contribution is -2.42.